The maximum Gasteiger partial charge on any atom is 1.00 e. The van der Waals surface area contributed by atoms with Gasteiger partial charge >= 0.3 is 29.6 Å². The molecule has 0 bridgehead atoms. The topological polar surface area (TPSA) is 103 Å². The molecule has 0 aromatic heterocycles. The van der Waals surface area contributed by atoms with Gasteiger partial charge in [0.15, 0.2) is 0 Å². The summed E-state index contributed by atoms with van der Waals surface area (Å²) < 4.78 is 56.9. The van der Waals surface area contributed by atoms with Gasteiger partial charge in [-0.05, 0) is 6.42 Å². The quantitative estimate of drug-likeness (QED) is 0.123. The van der Waals surface area contributed by atoms with Crippen LogP contribution in [0.15, 0.2) is 0 Å². The van der Waals surface area contributed by atoms with E-state index in [2.05, 4.69) is 11.6 Å². The van der Waals surface area contributed by atoms with Crippen LogP contribution in [-0.2, 0) is 20.1 Å². The third kappa shape index (κ3) is 28.9. The zero-order valence-electron chi connectivity index (χ0n) is 20.9. The molecular formula is C23H48NNaO5S2. The van der Waals surface area contributed by atoms with Crippen molar-refractivity contribution in [3.8, 4) is 0 Å². The molecule has 32 heavy (non-hydrogen) atoms. The molecule has 0 aliphatic rings. The average molecular weight is 506 g/mol. The molecule has 0 spiro atoms. The van der Waals surface area contributed by atoms with Crippen LogP contribution in [0.2, 0.25) is 0 Å². The molecule has 188 valence electrons. The van der Waals surface area contributed by atoms with Gasteiger partial charge in [-0.2, -0.15) is 0 Å². The molecule has 0 aliphatic carbocycles. The van der Waals surface area contributed by atoms with Crippen molar-refractivity contribution in [1.29, 1.82) is 0 Å². The van der Waals surface area contributed by atoms with Gasteiger partial charge in [-0.15, -0.1) is 0 Å². The second kappa shape index (κ2) is 23.6. The molecular weight excluding hydrogens is 457 g/mol. The zero-order valence-corrected chi connectivity index (χ0v) is 24.5. The average Bonchev–Trinajstić information content (AvgIpc) is 2.70. The van der Waals surface area contributed by atoms with E-state index in [1.807, 2.05) is 0 Å². The Morgan fingerprint density at radius 1 is 0.531 bits per heavy atom. The molecule has 9 heteroatoms. The Morgan fingerprint density at radius 3 is 1.16 bits per heavy atom. The molecule has 0 radical (unpaired) electrons. The van der Waals surface area contributed by atoms with Gasteiger partial charge in [-0.3, -0.25) is 0 Å². The van der Waals surface area contributed by atoms with Crippen LogP contribution in [0, 0.1) is 0 Å². The first-order valence-electron chi connectivity index (χ1n) is 12.7. The fraction of sp³-hybridized carbons (Fsp3) is 1.00. The van der Waals surface area contributed by atoms with Crippen molar-refractivity contribution < 1.29 is 50.9 Å². The summed E-state index contributed by atoms with van der Waals surface area (Å²) in [5.74, 6) is -1.53. The standard InChI is InChI=1S/C23H49NO5S2.Na/c1-2-3-4-5-6-7-8-9-10-11-12-13-14-15-16-17-18-19-20-21-24-30(25,26)22-23-31(27,28)29;/h24H,2-23H2,1H3,(H,27,28,29);/q;+1/p-1. The predicted octanol–water partition coefficient (Wildman–Crippen LogP) is 2.89. The van der Waals surface area contributed by atoms with Crippen LogP contribution in [-0.4, -0.2) is 39.4 Å². The minimum atomic E-state index is -4.49. The van der Waals surface area contributed by atoms with E-state index in [0.717, 1.165) is 19.3 Å². The van der Waals surface area contributed by atoms with Crippen LogP contribution >= 0.6 is 0 Å². The van der Waals surface area contributed by atoms with Crippen molar-refractivity contribution in [3.05, 3.63) is 0 Å². The monoisotopic (exact) mass is 505 g/mol. The van der Waals surface area contributed by atoms with E-state index in [0.29, 0.717) is 6.54 Å². The van der Waals surface area contributed by atoms with E-state index >= 15 is 0 Å². The van der Waals surface area contributed by atoms with Crippen molar-refractivity contribution in [2.45, 2.75) is 129 Å². The van der Waals surface area contributed by atoms with Crippen LogP contribution in [0.4, 0.5) is 0 Å². The fourth-order valence-corrected chi connectivity index (χ4v) is 6.01. The molecule has 0 saturated heterocycles. The summed E-state index contributed by atoms with van der Waals surface area (Å²) >= 11 is 0. The van der Waals surface area contributed by atoms with Gasteiger partial charge in [0, 0.05) is 6.54 Å². The Morgan fingerprint density at radius 2 is 0.844 bits per heavy atom. The summed E-state index contributed by atoms with van der Waals surface area (Å²) in [6.07, 6.45) is 24.5. The summed E-state index contributed by atoms with van der Waals surface area (Å²) in [5, 5.41) is 0. The predicted molar refractivity (Wildman–Crippen MR) is 130 cm³/mol. The van der Waals surface area contributed by atoms with Gasteiger partial charge in [0.1, 0.15) is 0 Å². The third-order valence-corrected chi connectivity index (χ3v) is 8.05. The summed E-state index contributed by atoms with van der Waals surface area (Å²) in [6.45, 7) is 2.57. The van der Waals surface area contributed by atoms with Gasteiger partial charge in [0.05, 0.1) is 21.6 Å². The normalized spacial score (nSPS) is 12.1. The molecule has 1 N–H and O–H groups in total. The number of hydrogen-bond donors (Lipinski definition) is 1. The Bertz CT molecular complexity index is 598. The van der Waals surface area contributed by atoms with Crippen molar-refractivity contribution >= 4 is 20.1 Å². The molecule has 0 aliphatic heterocycles. The first kappa shape index (κ1) is 35.0. The molecule has 0 aromatic carbocycles. The van der Waals surface area contributed by atoms with Gasteiger partial charge in [-0.1, -0.05) is 122 Å². The Labute approximate surface area is 221 Å². The second-order valence-corrected chi connectivity index (χ2v) is 12.3. The minimum absolute atomic E-state index is 0. The first-order valence-corrected chi connectivity index (χ1v) is 15.9. The Hall–Kier alpha value is 0.820. The van der Waals surface area contributed by atoms with Crippen LogP contribution in [0.5, 0.6) is 0 Å². The van der Waals surface area contributed by atoms with Crippen molar-refractivity contribution in [1.82, 2.24) is 4.72 Å². The molecule has 0 heterocycles. The molecule has 0 unspecified atom stereocenters. The summed E-state index contributed by atoms with van der Waals surface area (Å²) in [4.78, 5) is 0. The molecule has 0 fully saturated rings. The summed E-state index contributed by atoms with van der Waals surface area (Å²) in [6, 6.07) is 0. The molecule has 6 nitrogen and oxygen atoms in total. The van der Waals surface area contributed by atoms with Gasteiger partial charge in [-0.25, -0.2) is 21.6 Å². The van der Waals surface area contributed by atoms with Crippen LogP contribution in [0.25, 0.3) is 0 Å². The smallest absolute Gasteiger partial charge is 0.748 e. The van der Waals surface area contributed by atoms with Crippen molar-refractivity contribution in [2.24, 2.45) is 0 Å². The van der Waals surface area contributed by atoms with Crippen LogP contribution in [0.3, 0.4) is 0 Å². The molecule has 0 aromatic rings. The first-order chi connectivity index (χ1) is 14.8. The maximum absolute atomic E-state index is 11.6. The van der Waals surface area contributed by atoms with E-state index in [1.54, 1.807) is 0 Å². The molecule has 0 saturated carbocycles. The van der Waals surface area contributed by atoms with E-state index in [-0.39, 0.29) is 29.6 Å². The number of unbranched alkanes of at least 4 members (excludes halogenated alkanes) is 18. The largest absolute Gasteiger partial charge is 1.00 e. The fourth-order valence-electron chi connectivity index (χ4n) is 3.72. The second-order valence-electron chi connectivity index (χ2n) is 8.84. The van der Waals surface area contributed by atoms with E-state index in [4.69, 9.17) is 0 Å². The van der Waals surface area contributed by atoms with Crippen molar-refractivity contribution in [2.75, 3.05) is 18.1 Å². The van der Waals surface area contributed by atoms with Crippen molar-refractivity contribution in [3.63, 3.8) is 0 Å². The number of nitrogens with one attached hydrogen (secondary N) is 1. The van der Waals surface area contributed by atoms with Gasteiger partial charge < -0.3 is 4.55 Å². The number of sulfonamides is 1. The summed E-state index contributed by atoms with van der Waals surface area (Å²) in [7, 11) is -8.16. The molecule has 0 atom stereocenters. The van der Waals surface area contributed by atoms with Gasteiger partial charge in [0.2, 0.25) is 10.0 Å². The van der Waals surface area contributed by atoms with E-state index < -0.39 is 31.6 Å². The van der Waals surface area contributed by atoms with Gasteiger partial charge in [0.25, 0.3) is 0 Å². The third-order valence-electron chi connectivity index (χ3n) is 5.70. The van der Waals surface area contributed by atoms with E-state index in [9.17, 15) is 21.4 Å². The molecule has 0 amide bonds. The maximum atomic E-state index is 11.6. The van der Waals surface area contributed by atoms with Crippen LogP contribution < -0.4 is 34.3 Å². The zero-order chi connectivity index (χ0) is 23.3. The number of rotatable bonds is 24. The minimum Gasteiger partial charge on any atom is -0.748 e. The summed E-state index contributed by atoms with van der Waals surface area (Å²) in [5.41, 5.74) is 0. The SMILES string of the molecule is CCCCCCCCCCCCCCCCCCCCCNS(=O)(=O)CCS(=O)(=O)[O-].[Na+]. The van der Waals surface area contributed by atoms with E-state index in [1.165, 1.54) is 103 Å². The molecule has 0 rings (SSSR count). The number of hydrogen-bond acceptors (Lipinski definition) is 5. The van der Waals surface area contributed by atoms with Crippen LogP contribution in [0.1, 0.15) is 129 Å². The Balaban J connectivity index is 0. The Kier molecular flexibility index (Phi) is 25.8.